The fourth-order valence-electron chi connectivity index (χ4n) is 2.26. The lowest BCUT2D eigenvalue weighted by molar-refractivity contribution is 0.0755. The zero-order valence-electron chi connectivity index (χ0n) is 12.4. The predicted molar refractivity (Wildman–Crippen MR) is 85.6 cm³/mol. The van der Waals surface area contributed by atoms with E-state index >= 15 is 0 Å². The van der Waals surface area contributed by atoms with Crippen molar-refractivity contribution in [2.45, 2.75) is 12.5 Å². The molecule has 5 nitrogen and oxygen atoms in total. The molecule has 0 unspecified atom stereocenters. The number of nitrogens with zero attached hydrogens (tertiary/aromatic N) is 1. The van der Waals surface area contributed by atoms with Crippen LogP contribution in [-0.2, 0) is 4.84 Å². The molecule has 1 N–H and O–H groups in total. The Morgan fingerprint density at radius 2 is 2.39 bits per heavy atom. The zero-order chi connectivity index (χ0) is 16.2. The summed E-state index contributed by atoms with van der Waals surface area (Å²) in [6, 6.07) is 8.24. The summed E-state index contributed by atoms with van der Waals surface area (Å²) in [5.41, 5.74) is 1.30. The maximum absolute atomic E-state index is 13.7. The van der Waals surface area contributed by atoms with Crippen molar-refractivity contribution in [3.8, 4) is 5.75 Å². The number of halogens is 1. The molecule has 1 aliphatic heterocycles. The molecule has 2 aromatic rings. The number of amides is 1. The number of methoxy groups -OCH3 is 1. The largest absolute Gasteiger partial charge is 0.494 e. The Labute approximate surface area is 136 Å². The fourth-order valence-corrected chi connectivity index (χ4v) is 2.90. The van der Waals surface area contributed by atoms with Crippen molar-refractivity contribution in [2.75, 3.05) is 13.7 Å². The number of nitrogens with one attached hydrogen (secondary N) is 1. The third-order valence-corrected chi connectivity index (χ3v) is 4.32. The first-order valence-corrected chi connectivity index (χ1v) is 7.93. The third kappa shape index (κ3) is 3.50. The summed E-state index contributed by atoms with van der Waals surface area (Å²) >= 11 is 1.38. The Bertz CT molecular complexity index is 731. The quantitative estimate of drug-likeness (QED) is 0.915. The van der Waals surface area contributed by atoms with Crippen LogP contribution in [-0.4, -0.2) is 31.4 Å². The lowest BCUT2D eigenvalue weighted by Crippen LogP contribution is -2.31. The number of carbonyl (C=O) groups excluding carboxylic acids is 1. The van der Waals surface area contributed by atoms with Crippen LogP contribution in [0.1, 0.15) is 21.7 Å². The smallest absolute Gasteiger partial charge is 0.261 e. The summed E-state index contributed by atoms with van der Waals surface area (Å²) in [7, 11) is 1.42. The Morgan fingerprint density at radius 1 is 1.52 bits per heavy atom. The maximum Gasteiger partial charge on any atom is 0.261 e. The van der Waals surface area contributed by atoms with Crippen molar-refractivity contribution in [3.05, 3.63) is 52.0 Å². The highest BCUT2D eigenvalue weighted by molar-refractivity contribution is 7.12. The van der Waals surface area contributed by atoms with Gasteiger partial charge in [-0.2, -0.15) is 0 Å². The molecule has 1 aromatic carbocycles. The average molecular weight is 334 g/mol. The lowest BCUT2D eigenvalue weighted by atomic mass is 10.0. The second-order valence-corrected chi connectivity index (χ2v) is 5.95. The van der Waals surface area contributed by atoms with E-state index in [2.05, 4.69) is 10.5 Å². The van der Waals surface area contributed by atoms with Crippen molar-refractivity contribution in [1.29, 1.82) is 0 Å². The molecule has 0 aliphatic carbocycles. The molecule has 120 valence electrons. The zero-order valence-corrected chi connectivity index (χ0v) is 13.2. The molecule has 0 saturated heterocycles. The predicted octanol–water partition coefficient (Wildman–Crippen LogP) is 2.82. The van der Waals surface area contributed by atoms with Gasteiger partial charge in [0.05, 0.1) is 24.2 Å². The van der Waals surface area contributed by atoms with Crippen molar-refractivity contribution in [3.63, 3.8) is 0 Å². The summed E-state index contributed by atoms with van der Waals surface area (Å²) in [4.78, 5) is 17.8. The number of hydrogen-bond donors (Lipinski definition) is 1. The number of thiophene rings is 1. The van der Waals surface area contributed by atoms with E-state index in [1.54, 1.807) is 18.2 Å². The molecule has 1 amide bonds. The second kappa shape index (κ2) is 6.78. The molecular weight excluding hydrogens is 319 g/mol. The summed E-state index contributed by atoms with van der Waals surface area (Å²) in [6.07, 6.45) is 0.260. The molecular formula is C16H15FN2O3S. The van der Waals surface area contributed by atoms with Crippen LogP contribution in [0, 0.1) is 5.82 Å². The van der Waals surface area contributed by atoms with Gasteiger partial charge in [0.1, 0.15) is 6.10 Å². The first-order valence-electron chi connectivity index (χ1n) is 7.05. The molecule has 0 fully saturated rings. The Balaban J connectivity index is 1.56. The highest BCUT2D eigenvalue weighted by atomic mass is 32.1. The van der Waals surface area contributed by atoms with E-state index in [9.17, 15) is 9.18 Å². The highest BCUT2D eigenvalue weighted by Gasteiger charge is 2.23. The van der Waals surface area contributed by atoms with Gasteiger partial charge in [0.15, 0.2) is 11.6 Å². The van der Waals surface area contributed by atoms with E-state index in [-0.39, 0.29) is 17.8 Å². The molecule has 1 aromatic heterocycles. The number of oxime groups is 1. The van der Waals surface area contributed by atoms with E-state index in [1.807, 2.05) is 11.4 Å². The standard InChI is InChI=1S/C16H15FN2O3S/c1-21-14-5-4-10(7-12(14)17)13-8-11(22-19-13)9-18-16(20)15-3-2-6-23-15/h2-7,11H,8-9H2,1H3,(H,18,20)/t11-/m0/s1. The molecule has 0 radical (unpaired) electrons. The van der Waals surface area contributed by atoms with Crippen LogP contribution in [0.25, 0.3) is 0 Å². The van der Waals surface area contributed by atoms with E-state index < -0.39 is 5.82 Å². The van der Waals surface area contributed by atoms with Gasteiger partial charge in [-0.3, -0.25) is 4.79 Å². The van der Waals surface area contributed by atoms with Crippen LogP contribution >= 0.6 is 11.3 Å². The first kappa shape index (κ1) is 15.5. The van der Waals surface area contributed by atoms with Crippen LogP contribution in [0.5, 0.6) is 5.75 Å². The Kier molecular flexibility index (Phi) is 4.57. The number of carbonyl (C=O) groups is 1. The Hall–Kier alpha value is -2.41. The van der Waals surface area contributed by atoms with E-state index in [1.165, 1.54) is 24.5 Å². The molecule has 2 heterocycles. The average Bonchev–Trinajstić information content (AvgIpc) is 3.24. The first-order chi connectivity index (χ1) is 11.2. The van der Waals surface area contributed by atoms with Crippen LogP contribution < -0.4 is 10.1 Å². The number of benzene rings is 1. The molecule has 1 aliphatic rings. The van der Waals surface area contributed by atoms with Crippen molar-refractivity contribution < 1.29 is 18.8 Å². The summed E-state index contributed by atoms with van der Waals surface area (Å²) < 4.78 is 18.6. The maximum atomic E-state index is 13.7. The van der Waals surface area contributed by atoms with Crippen LogP contribution in [0.4, 0.5) is 4.39 Å². The monoisotopic (exact) mass is 334 g/mol. The van der Waals surface area contributed by atoms with Gasteiger partial charge in [0, 0.05) is 12.0 Å². The minimum atomic E-state index is -0.442. The molecule has 0 bridgehead atoms. The summed E-state index contributed by atoms with van der Waals surface area (Å²) in [6.45, 7) is 0.350. The number of hydrogen-bond acceptors (Lipinski definition) is 5. The van der Waals surface area contributed by atoms with Crippen LogP contribution in [0.2, 0.25) is 0 Å². The minimum absolute atomic E-state index is 0.132. The highest BCUT2D eigenvalue weighted by Crippen LogP contribution is 2.22. The van der Waals surface area contributed by atoms with Crippen molar-refractivity contribution in [1.82, 2.24) is 5.32 Å². The molecule has 1 atom stereocenters. The van der Waals surface area contributed by atoms with E-state index in [0.29, 0.717) is 29.1 Å². The second-order valence-electron chi connectivity index (χ2n) is 5.01. The van der Waals surface area contributed by atoms with E-state index in [0.717, 1.165) is 0 Å². The fraction of sp³-hybridized carbons (Fsp3) is 0.250. The lowest BCUT2D eigenvalue weighted by Gasteiger charge is -2.09. The van der Waals surface area contributed by atoms with Crippen LogP contribution in [0.15, 0.2) is 40.9 Å². The molecule has 0 spiro atoms. The normalized spacial score (nSPS) is 16.6. The van der Waals surface area contributed by atoms with Gasteiger partial charge in [0.25, 0.3) is 5.91 Å². The SMILES string of the molecule is COc1ccc(C2=NO[C@H](CNC(=O)c3cccs3)C2)cc1F. The Morgan fingerprint density at radius 3 is 3.09 bits per heavy atom. The van der Waals surface area contributed by atoms with Gasteiger partial charge in [-0.05, 0) is 29.6 Å². The number of ether oxygens (including phenoxy) is 1. The number of rotatable bonds is 5. The molecule has 7 heteroatoms. The summed E-state index contributed by atoms with van der Waals surface area (Å²) in [5.74, 6) is -0.386. The summed E-state index contributed by atoms with van der Waals surface area (Å²) in [5, 5.41) is 8.64. The van der Waals surface area contributed by atoms with Crippen molar-refractivity contribution in [2.24, 2.45) is 5.16 Å². The van der Waals surface area contributed by atoms with E-state index in [4.69, 9.17) is 9.57 Å². The topological polar surface area (TPSA) is 59.9 Å². The minimum Gasteiger partial charge on any atom is -0.494 e. The van der Waals surface area contributed by atoms with Gasteiger partial charge >= 0.3 is 0 Å². The molecule has 23 heavy (non-hydrogen) atoms. The third-order valence-electron chi connectivity index (χ3n) is 3.45. The van der Waals surface area contributed by atoms with Gasteiger partial charge in [-0.1, -0.05) is 11.2 Å². The van der Waals surface area contributed by atoms with Gasteiger partial charge in [0.2, 0.25) is 0 Å². The van der Waals surface area contributed by atoms with Gasteiger partial charge in [-0.25, -0.2) is 4.39 Å². The van der Waals surface area contributed by atoms with Gasteiger partial charge in [-0.15, -0.1) is 11.3 Å². The van der Waals surface area contributed by atoms with Crippen LogP contribution in [0.3, 0.4) is 0 Å². The molecule has 3 rings (SSSR count). The molecule has 0 saturated carbocycles. The van der Waals surface area contributed by atoms with Crippen molar-refractivity contribution >= 4 is 23.0 Å². The van der Waals surface area contributed by atoms with Gasteiger partial charge < -0.3 is 14.9 Å².